The molecule has 0 radical (unpaired) electrons. The van der Waals surface area contributed by atoms with Crippen molar-refractivity contribution in [1.29, 1.82) is 0 Å². The van der Waals surface area contributed by atoms with Crippen molar-refractivity contribution >= 4 is 29.4 Å². The van der Waals surface area contributed by atoms with E-state index in [1.165, 1.54) is 0 Å². The van der Waals surface area contributed by atoms with Gasteiger partial charge in [0.25, 0.3) is 5.91 Å². The number of benzene rings is 1. The quantitative estimate of drug-likeness (QED) is 0.829. The molecule has 1 heterocycles. The largest absolute Gasteiger partial charge is 0.463 e. The molecule has 0 aliphatic carbocycles. The summed E-state index contributed by atoms with van der Waals surface area (Å²) in [5.74, 6) is -1.37. The number of ether oxygens (including phenoxy) is 2. The molecule has 7 heteroatoms. The van der Waals surface area contributed by atoms with E-state index in [-0.39, 0.29) is 25.5 Å². The van der Waals surface area contributed by atoms with Crippen LogP contribution in [0.15, 0.2) is 24.3 Å². The topological polar surface area (TPSA) is 81.7 Å². The van der Waals surface area contributed by atoms with Gasteiger partial charge in [0.05, 0.1) is 13.0 Å². The summed E-state index contributed by atoms with van der Waals surface area (Å²) in [4.78, 5) is 34.4. The first kappa shape index (κ1) is 15.3. The Labute approximate surface area is 126 Å². The van der Waals surface area contributed by atoms with Gasteiger partial charge in [-0.25, -0.2) is 4.79 Å². The zero-order valence-corrected chi connectivity index (χ0v) is 11.9. The van der Waals surface area contributed by atoms with Crippen LogP contribution in [0.25, 0.3) is 0 Å². The molecule has 21 heavy (non-hydrogen) atoms. The van der Waals surface area contributed by atoms with Crippen LogP contribution >= 0.6 is 11.6 Å². The summed E-state index contributed by atoms with van der Waals surface area (Å²) in [5.41, 5.74) is 0.451. The van der Waals surface area contributed by atoms with Gasteiger partial charge < -0.3 is 14.8 Å². The molecule has 1 aromatic rings. The van der Waals surface area contributed by atoms with E-state index in [9.17, 15) is 14.4 Å². The summed E-state index contributed by atoms with van der Waals surface area (Å²) < 4.78 is 9.62. The molecule has 1 aromatic carbocycles. The van der Waals surface area contributed by atoms with Gasteiger partial charge in [0, 0.05) is 23.6 Å². The van der Waals surface area contributed by atoms with E-state index >= 15 is 0 Å². The molecule has 6 nitrogen and oxygen atoms in total. The first-order valence-corrected chi connectivity index (χ1v) is 6.84. The number of nitrogens with one attached hydrogen (secondary N) is 1. The van der Waals surface area contributed by atoms with Crippen LogP contribution in [0.4, 0.5) is 0 Å². The fourth-order valence-corrected chi connectivity index (χ4v) is 1.91. The van der Waals surface area contributed by atoms with E-state index in [4.69, 9.17) is 16.3 Å². The van der Waals surface area contributed by atoms with Crippen LogP contribution in [-0.4, -0.2) is 37.1 Å². The zero-order chi connectivity index (χ0) is 15.2. The van der Waals surface area contributed by atoms with Crippen LogP contribution in [0, 0.1) is 0 Å². The maximum atomic E-state index is 11.8. The lowest BCUT2D eigenvalue weighted by Gasteiger charge is -2.09. The standard InChI is InChI=1S/C14H14ClNO5/c15-10-3-1-9(2-4-10)13(18)16-7-5-12(17)21-11-6-8-20-14(11)19/h1-4,11H,5-8H2,(H,16,18)/t11-/m1/s1. The third-order valence-electron chi connectivity index (χ3n) is 2.88. The van der Waals surface area contributed by atoms with E-state index in [0.29, 0.717) is 17.0 Å². The van der Waals surface area contributed by atoms with Gasteiger partial charge >= 0.3 is 11.9 Å². The second-order valence-corrected chi connectivity index (χ2v) is 4.88. The van der Waals surface area contributed by atoms with Crippen LogP contribution in [0.2, 0.25) is 5.02 Å². The molecule has 112 valence electrons. The molecule has 1 N–H and O–H groups in total. The lowest BCUT2D eigenvalue weighted by molar-refractivity contribution is -0.160. The Bertz CT molecular complexity index is 543. The first-order chi connectivity index (χ1) is 10.1. The van der Waals surface area contributed by atoms with Crippen molar-refractivity contribution in [2.75, 3.05) is 13.2 Å². The summed E-state index contributed by atoms with van der Waals surface area (Å²) in [5, 5.41) is 3.13. The van der Waals surface area contributed by atoms with E-state index in [1.54, 1.807) is 24.3 Å². The summed E-state index contributed by atoms with van der Waals surface area (Å²) in [6, 6.07) is 6.39. The third-order valence-corrected chi connectivity index (χ3v) is 3.13. The van der Waals surface area contributed by atoms with Gasteiger partial charge in [-0.05, 0) is 24.3 Å². The van der Waals surface area contributed by atoms with Crippen LogP contribution in [0.5, 0.6) is 0 Å². The molecule has 1 saturated heterocycles. The SMILES string of the molecule is O=C(CCNC(=O)c1ccc(Cl)cc1)O[C@@H]1CCOC1=O. The minimum atomic E-state index is -0.815. The predicted molar refractivity (Wildman–Crippen MR) is 73.9 cm³/mol. The van der Waals surface area contributed by atoms with Gasteiger partial charge in [-0.2, -0.15) is 0 Å². The number of carbonyl (C=O) groups is 3. The first-order valence-electron chi connectivity index (χ1n) is 6.46. The molecular weight excluding hydrogens is 298 g/mol. The van der Waals surface area contributed by atoms with Crippen LogP contribution in [0.1, 0.15) is 23.2 Å². The van der Waals surface area contributed by atoms with Gasteiger partial charge in [-0.15, -0.1) is 0 Å². The highest BCUT2D eigenvalue weighted by molar-refractivity contribution is 6.30. The molecular formula is C14H14ClNO5. The molecule has 0 aromatic heterocycles. The number of carbonyl (C=O) groups excluding carboxylic acids is 3. The minimum absolute atomic E-state index is 0.0108. The highest BCUT2D eigenvalue weighted by Crippen LogP contribution is 2.11. The van der Waals surface area contributed by atoms with Crippen molar-refractivity contribution in [2.24, 2.45) is 0 Å². The maximum absolute atomic E-state index is 11.8. The van der Waals surface area contributed by atoms with Crippen molar-refractivity contribution in [3.63, 3.8) is 0 Å². The summed E-state index contributed by atoms with van der Waals surface area (Å²) in [7, 11) is 0. The second kappa shape index (κ2) is 7.08. The summed E-state index contributed by atoms with van der Waals surface area (Å²) >= 11 is 5.72. The van der Waals surface area contributed by atoms with Crippen LogP contribution in [0.3, 0.4) is 0 Å². The smallest absolute Gasteiger partial charge is 0.347 e. The number of hydrogen-bond donors (Lipinski definition) is 1. The highest BCUT2D eigenvalue weighted by atomic mass is 35.5. The van der Waals surface area contributed by atoms with E-state index in [1.807, 2.05) is 0 Å². The lowest BCUT2D eigenvalue weighted by atomic mass is 10.2. The Kier molecular flexibility index (Phi) is 5.16. The van der Waals surface area contributed by atoms with Crippen LogP contribution in [-0.2, 0) is 19.1 Å². The molecule has 1 amide bonds. The molecule has 0 unspecified atom stereocenters. The van der Waals surface area contributed by atoms with Crippen molar-refractivity contribution < 1.29 is 23.9 Å². The van der Waals surface area contributed by atoms with Gasteiger partial charge in [0.15, 0.2) is 0 Å². The molecule has 1 fully saturated rings. The molecule has 0 saturated carbocycles. The van der Waals surface area contributed by atoms with Gasteiger partial charge in [0.2, 0.25) is 6.10 Å². The number of esters is 2. The number of cyclic esters (lactones) is 1. The average molecular weight is 312 g/mol. The fraction of sp³-hybridized carbons (Fsp3) is 0.357. The Morgan fingerprint density at radius 3 is 2.67 bits per heavy atom. The molecule has 2 rings (SSSR count). The van der Waals surface area contributed by atoms with Crippen molar-refractivity contribution in [3.8, 4) is 0 Å². The van der Waals surface area contributed by atoms with Crippen molar-refractivity contribution in [1.82, 2.24) is 5.32 Å². The van der Waals surface area contributed by atoms with E-state index in [2.05, 4.69) is 10.1 Å². The minimum Gasteiger partial charge on any atom is -0.463 e. The number of amides is 1. The molecule has 1 atom stereocenters. The Balaban J connectivity index is 1.71. The summed E-state index contributed by atoms with van der Waals surface area (Å²) in [6.07, 6.45) is -0.449. The molecule has 1 aliphatic heterocycles. The fourth-order valence-electron chi connectivity index (χ4n) is 1.78. The number of rotatable bonds is 5. The number of hydrogen-bond acceptors (Lipinski definition) is 5. The average Bonchev–Trinajstić information content (AvgIpc) is 2.85. The normalized spacial score (nSPS) is 17.2. The van der Waals surface area contributed by atoms with E-state index in [0.717, 1.165) is 0 Å². The second-order valence-electron chi connectivity index (χ2n) is 4.45. The predicted octanol–water partition coefficient (Wildman–Crippen LogP) is 1.32. The Hall–Kier alpha value is -2.08. The Morgan fingerprint density at radius 2 is 2.05 bits per heavy atom. The third kappa shape index (κ3) is 4.46. The molecule has 1 aliphatic rings. The van der Waals surface area contributed by atoms with Gasteiger partial charge in [-0.1, -0.05) is 11.6 Å². The molecule has 0 spiro atoms. The zero-order valence-electron chi connectivity index (χ0n) is 11.1. The lowest BCUT2D eigenvalue weighted by Crippen LogP contribution is -2.28. The molecule has 0 bridgehead atoms. The van der Waals surface area contributed by atoms with Gasteiger partial charge in [-0.3, -0.25) is 9.59 Å². The van der Waals surface area contributed by atoms with Gasteiger partial charge in [0.1, 0.15) is 0 Å². The Morgan fingerprint density at radius 1 is 1.33 bits per heavy atom. The monoisotopic (exact) mass is 311 g/mol. The van der Waals surface area contributed by atoms with Crippen molar-refractivity contribution in [2.45, 2.75) is 18.9 Å². The highest BCUT2D eigenvalue weighted by Gasteiger charge is 2.29. The van der Waals surface area contributed by atoms with Crippen LogP contribution < -0.4 is 5.32 Å². The number of halogens is 1. The van der Waals surface area contributed by atoms with E-state index < -0.39 is 18.0 Å². The summed E-state index contributed by atoms with van der Waals surface area (Å²) in [6.45, 7) is 0.395. The maximum Gasteiger partial charge on any atom is 0.347 e. The van der Waals surface area contributed by atoms with Crippen molar-refractivity contribution in [3.05, 3.63) is 34.9 Å².